The number of nitrogens with one attached hydrogen (secondary N) is 1. The van der Waals surface area contributed by atoms with E-state index in [-0.39, 0.29) is 17.5 Å². The van der Waals surface area contributed by atoms with Gasteiger partial charge in [0.2, 0.25) is 5.75 Å². The Hall–Kier alpha value is -2.47. The number of ether oxygens (including phenoxy) is 1. The Morgan fingerprint density at radius 3 is 2.62 bits per heavy atom. The standard InChI is InChI=1S/C15H15FN2O3/c1-10(17-2)12-5-3-4-6-14(12)21-15-9-11(16)7-8-13(15)18(19)20/h3-10,17H,1-2H3. The molecule has 2 aromatic rings. The second-order valence-corrected chi connectivity index (χ2v) is 4.52. The second kappa shape index (κ2) is 6.32. The lowest BCUT2D eigenvalue weighted by molar-refractivity contribution is -0.385. The lowest BCUT2D eigenvalue weighted by Crippen LogP contribution is -2.13. The monoisotopic (exact) mass is 290 g/mol. The van der Waals surface area contributed by atoms with Crippen molar-refractivity contribution >= 4 is 5.69 Å². The molecule has 0 fully saturated rings. The highest BCUT2D eigenvalue weighted by molar-refractivity contribution is 5.50. The van der Waals surface area contributed by atoms with Gasteiger partial charge in [0, 0.05) is 23.7 Å². The van der Waals surface area contributed by atoms with Crippen LogP contribution in [0.1, 0.15) is 18.5 Å². The molecular formula is C15H15FN2O3. The van der Waals surface area contributed by atoms with Gasteiger partial charge in [-0.2, -0.15) is 0 Å². The van der Waals surface area contributed by atoms with E-state index in [4.69, 9.17) is 4.74 Å². The number of rotatable bonds is 5. The van der Waals surface area contributed by atoms with Crippen molar-refractivity contribution < 1.29 is 14.1 Å². The molecule has 0 saturated carbocycles. The molecule has 0 bridgehead atoms. The van der Waals surface area contributed by atoms with Gasteiger partial charge >= 0.3 is 5.69 Å². The van der Waals surface area contributed by atoms with Gasteiger partial charge in [-0.1, -0.05) is 18.2 Å². The number of nitro benzene ring substituents is 1. The molecule has 0 aliphatic carbocycles. The normalized spacial score (nSPS) is 12.0. The van der Waals surface area contributed by atoms with Gasteiger partial charge in [0.25, 0.3) is 0 Å². The van der Waals surface area contributed by atoms with Crippen molar-refractivity contribution in [1.82, 2.24) is 5.32 Å². The molecule has 0 amide bonds. The number of benzene rings is 2. The predicted molar refractivity (Wildman–Crippen MR) is 77.0 cm³/mol. The van der Waals surface area contributed by atoms with Crippen molar-refractivity contribution in [3.63, 3.8) is 0 Å². The van der Waals surface area contributed by atoms with E-state index >= 15 is 0 Å². The predicted octanol–water partition coefficient (Wildman–Crippen LogP) is 3.81. The molecule has 21 heavy (non-hydrogen) atoms. The summed E-state index contributed by atoms with van der Waals surface area (Å²) < 4.78 is 18.9. The number of nitro groups is 1. The fourth-order valence-electron chi connectivity index (χ4n) is 1.93. The van der Waals surface area contributed by atoms with Crippen molar-refractivity contribution in [2.24, 2.45) is 0 Å². The highest BCUT2D eigenvalue weighted by Crippen LogP contribution is 2.35. The molecule has 110 valence electrons. The molecule has 0 aliphatic rings. The molecule has 0 spiro atoms. The largest absolute Gasteiger partial charge is 0.450 e. The van der Waals surface area contributed by atoms with Crippen LogP contribution in [0.5, 0.6) is 11.5 Å². The minimum Gasteiger partial charge on any atom is -0.450 e. The smallest absolute Gasteiger partial charge is 0.311 e. The summed E-state index contributed by atoms with van der Waals surface area (Å²) in [4.78, 5) is 10.4. The van der Waals surface area contributed by atoms with Crippen molar-refractivity contribution in [3.05, 3.63) is 64.0 Å². The third-order valence-corrected chi connectivity index (χ3v) is 3.16. The maximum atomic E-state index is 13.3. The van der Waals surface area contributed by atoms with Crippen LogP contribution in [0, 0.1) is 15.9 Å². The lowest BCUT2D eigenvalue weighted by Gasteiger charge is -2.16. The first-order valence-corrected chi connectivity index (χ1v) is 6.41. The molecule has 1 atom stereocenters. The number of halogens is 1. The number of nitrogens with zero attached hydrogens (tertiary/aromatic N) is 1. The molecule has 0 heterocycles. The number of hydrogen-bond acceptors (Lipinski definition) is 4. The summed E-state index contributed by atoms with van der Waals surface area (Å²) in [6, 6.07) is 10.3. The van der Waals surface area contributed by atoms with Crippen LogP contribution in [0.2, 0.25) is 0 Å². The number of para-hydroxylation sites is 1. The first-order valence-electron chi connectivity index (χ1n) is 6.41. The van der Waals surface area contributed by atoms with Crippen LogP contribution in [0.15, 0.2) is 42.5 Å². The van der Waals surface area contributed by atoms with Gasteiger partial charge in [-0.05, 0) is 26.1 Å². The molecule has 5 nitrogen and oxygen atoms in total. The zero-order valence-electron chi connectivity index (χ0n) is 11.7. The van der Waals surface area contributed by atoms with Crippen LogP contribution in [-0.2, 0) is 0 Å². The number of hydrogen-bond donors (Lipinski definition) is 1. The van der Waals surface area contributed by atoms with Crippen molar-refractivity contribution in [2.75, 3.05) is 7.05 Å². The minimum atomic E-state index is -0.598. The summed E-state index contributed by atoms with van der Waals surface area (Å²) in [5, 5.41) is 14.1. The molecule has 0 aliphatic heterocycles. The lowest BCUT2D eigenvalue weighted by atomic mass is 10.1. The van der Waals surface area contributed by atoms with Crippen LogP contribution in [0.25, 0.3) is 0 Å². The molecule has 6 heteroatoms. The van der Waals surface area contributed by atoms with E-state index in [1.807, 2.05) is 19.1 Å². The minimum absolute atomic E-state index is 0.00573. The Kier molecular flexibility index (Phi) is 4.49. The summed E-state index contributed by atoms with van der Waals surface area (Å²) in [5.74, 6) is -0.251. The van der Waals surface area contributed by atoms with Crippen LogP contribution >= 0.6 is 0 Å². The Balaban J connectivity index is 2.43. The highest BCUT2D eigenvalue weighted by Gasteiger charge is 2.18. The van der Waals surface area contributed by atoms with Crippen LogP contribution < -0.4 is 10.1 Å². The van der Waals surface area contributed by atoms with Gasteiger partial charge in [0.05, 0.1) is 4.92 Å². The Morgan fingerprint density at radius 2 is 1.95 bits per heavy atom. The van der Waals surface area contributed by atoms with Gasteiger partial charge in [-0.15, -0.1) is 0 Å². The first kappa shape index (κ1) is 14.9. The summed E-state index contributed by atoms with van der Waals surface area (Å²) in [5.41, 5.74) is 0.557. The first-order chi connectivity index (χ1) is 10.0. The summed E-state index contributed by atoms with van der Waals surface area (Å²) in [7, 11) is 1.80. The molecule has 0 saturated heterocycles. The van der Waals surface area contributed by atoms with Gasteiger partial charge in [0.1, 0.15) is 11.6 Å². The SMILES string of the molecule is CNC(C)c1ccccc1Oc1cc(F)ccc1[N+](=O)[O-]. The topological polar surface area (TPSA) is 64.4 Å². The van der Waals surface area contributed by atoms with Crippen LogP contribution in [0.4, 0.5) is 10.1 Å². The summed E-state index contributed by atoms with van der Waals surface area (Å²) in [6.45, 7) is 1.93. The van der Waals surface area contributed by atoms with E-state index in [1.54, 1.807) is 19.2 Å². The molecule has 1 N–H and O–H groups in total. The maximum absolute atomic E-state index is 13.3. The van der Waals surface area contributed by atoms with E-state index in [9.17, 15) is 14.5 Å². The van der Waals surface area contributed by atoms with E-state index in [0.29, 0.717) is 5.75 Å². The molecule has 2 rings (SSSR count). The maximum Gasteiger partial charge on any atom is 0.311 e. The molecular weight excluding hydrogens is 275 g/mol. The van der Waals surface area contributed by atoms with Crippen molar-refractivity contribution in [3.8, 4) is 11.5 Å². The van der Waals surface area contributed by atoms with Gasteiger partial charge in [-0.25, -0.2) is 4.39 Å². The van der Waals surface area contributed by atoms with Crippen LogP contribution in [-0.4, -0.2) is 12.0 Å². The van der Waals surface area contributed by atoms with Gasteiger partial charge < -0.3 is 10.1 Å². The summed E-state index contributed by atoms with van der Waals surface area (Å²) >= 11 is 0. The third-order valence-electron chi connectivity index (χ3n) is 3.16. The van der Waals surface area contributed by atoms with Gasteiger partial charge in [-0.3, -0.25) is 10.1 Å². The average Bonchev–Trinajstić information content (AvgIpc) is 2.47. The van der Waals surface area contributed by atoms with E-state index in [1.165, 1.54) is 0 Å². The van der Waals surface area contributed by atoms with Crippen LogP contribution in [0.3, 0.4) is 0 Å². The summed E-state index contributed by atoms with van der Waals surface area (Å²) in [6.07, 6.45) is 0. The quantitative estimate of drug-likeness (QED) is 0.672. The van der Waals surface area contributed by atoms with E-state index in [2.05, 4.69) is 5.32 Å². The average molecular weight is 290 g/mol. The van der Waals surface area contributed by atoms with Crippen molar-refractivity contribution in [1.29, 1.82) is 0 Å². The Bertz CT molecular complexity index is 661. The Morgan fingerprint density at radius 1 is 1.24 bits per heavy atom. The zero-order valence-corrected chi connectivity index (χ0v) is 11.7. The van der Waals surface area contributed by atoms with Crippen molar-refractivity contribution in [2.45, 2.75) is 13.0 Å². The molecule has 2 aromatic carbocycles. The molecule has 1 unspecified atom stereocenters. The third kappa shape index (κ3) is 3.35. The second-order valence-electron chi connectivity index (χ2n) is 4.52. The fraction of sp³-hybridized carbons (Fsp3) is 0.200. The highest BCUT2D eigenvalue weighted by atomic mass is 19.1. The van der Waals surface area contributed by atoms with Gasteiger partial charge in [0.15, 0.2) is 0 Å². The van der Waals surface area contributed by atoms with E-state index < -0.39 is 10.7 Å². The fourth-order valence-corrected chi connectivity index (χ4v) is 1.93. The Labute approximate surface area is 121 Å². The zero-order chi connectivity index (χ0) is 15.4. The van der Waals surface area contributed by atoms with E-state index in [0.717, 1.165) is 23.8 Å². The molecule has 0 aromatic heterocycles. The molecule has 0 radical (unpaired) electrons.